The zero-order valence-electron chi connectivity index (χ0n) is 17.1. The number of benzene rings is 1. The minimum atomic E-state index is -2.97. The van der Waals surface area contributed by atoms with Crippen LogP contribution in [0, 0.1) is 0 Å². The van der Waals surface area contributed by atoms with Gasteiger partial charge in [-0.25, -0.2) is 18.4 Å². The lowest BCUT2D eigenvalue weighted by atomic mass is 9.96. The first-order valence-corrected chi connectivity index (χ1v) is 11.9. The van der Waals surface area contributed by atoms with Gasteiger partial charge in [0.2, 0.25) is 0 Å². The van der Waals surface area contributed by atoms with Gasteiger partial charge in [0, 0.05) is 57.9 Å². The first-order valence-electron chi connectivity index (χ1n) is 10.1. The fourth-order valence-corrected chi connectivity index (χ4v) is 5.83. The second-order valence-corrected chi connectivity index (χ2v) is 10.7. The molecule has 4 rings (SSSR count). The Morgan fingerprint density at radius 2 is 1.79 bits per heavy atom. The second kappa shape index (κ2) is 7.70. The lowest BCUT2D eigenvalue weighted by molar-refractivity contribution is -0.00606. The number of aromatic nitrogens is 2. The first-order chi connectivity index (χ1) is 13.7. The number of hydrogen-bond donors (Lipinski definition) is 1. The number of sulfone groups is 1. The number of nitrogens with zero attached hydrogens (tertiary/aromatic N) is 5. The molecule has 2 saturated heterocycles. The minimum Gasteiger partial charge on any atom is -0.388 e. The second-order valence-electron chi connectivity index (χ2n) is 8.43. The van der Waals surface area contributed by atoms with E-state index in [-0.39, 0.29) is 11.5 Å². The Hall–Kier alpha value is -1.97. The van der Waals surface area contributed by atoms with Gasteiger partial charge in [-0.1, -0.05) is 0 Å². The molecule has 2 aliphatic rings. The van der Waals surface area contributed by atoms with E-state index in [2.05, 4.69) is 31.9 Å². The average molecular weight is 420 g/mol. The van der Waals surface area contributed by atoms with E-state index in [9.17, 15) is 13.5 Å². The Kier molecular flexibility index (Phi) is 5.39. The topological polar surface area (TPSA) is 89.9 Å². The van der Waals surface area contributed by atoms with Crippen LogP contribution in [0.25, 0.3) is 10.9 Å². The molecule has 0 bridgehead atoms. The largest absolute Gasteiger partial charge is 0.388 e. The predicted molar refractivity (Wildman–Crippen MR) is 115 cm³/mol. The molecule has 8 nitrogen and oxygen atoms in total. The highest BCUT2D eigenvalue weighted by molar-refractivity contribution is 7.91. The van der Waals surface area contributed by atoms with Crippen LogP contribution in [0.5, 0.6) is 0 Å². The van der Waals surface area contributed by atoms with Crippen molar-refractivity contribution in [3.63, 3.8) is 0 Å². The summed E-state index contributed by atoms with van der Waals surface area (Å²) >= 11 is 0. The Morgan fingerprint density at radius 1 is 1.10 bits per heavy atom. The van der Waals surface area contributed by atoms with Crippen molar-refractivity contribution in [2.45, 2.75) is 18.4 Å². The third kappa shape index (κ3) is 4.46. The highest BCUT2D eigenvalue weighted by Gasteiger charge is 2.37. The number of hydrogen-bond acceptors (Lipinski definition) is 8. The summed E-state index contributed by atoms with van der Waals surface area (Å²) < 4.78 is 23.3. The summed E-state index contributed by atoms with van der Waals surface area (Å²) in [6.45, 7) is 3.97. The van der Waals surface area contributed by atoms with Gasteiger partial charge in [-0.05, 0) is 31.0 Å². The summed E-state index contributed by atoms with van der Waals surface area (Å²) in [6, 6.07) is 6.29. The van der Waals surface area contributed by atoms with Gasteiger partial charge in [0.1, 0.15) is 12.1 Å². The van der Waals surface area contributed by atoms with Crippen molar-refractivity contribution in [1.29, 1.82) is 0 Å². The van der Waals surface area contributed by atoms with Gasteiger partial charge in [0.15, 0.2) is 9.84 Å². The lowest BCUT2D eigenvalue weighted by Gasteiger charge is -2.41. The van der Waals surface area contributed by atoms with Crippen LogP contribution in [0.4, 0.5) is 11.5 Å². The van der Waals surface area contributed by atoms with Crippen molar-refractivity contribution >= 4 is 32.2 Å². The summed E-state index contributed by atoms with van der Waals surface area (Å²) in [5, 5.41) is 11.8. The number of aliphatic hydroxyl groups is 1. The zero-order valence-corrected chi connectivity index (χ0v) is 17.9. The first kappa shape index (κ1) is 20.3. The average Bonchev–Trinajstić information content (AvgIpc) is 2.70. The molecule has 0 aliphatic carbocycles. The fraction of sp³-hybridized carbons (Fsp3) is 0.600. The third-order valence-electron chi connectivity index (χ3n) is 6.03. The standard InChI is InChI=1S/C20H29N5O3S/c1-23(2)19-17-13-16(3-4-18(17)21-15-22-19)25-9-7-24(8-10-25)14-20(26)5-11-29(27,28)12-6-20/h3-4,13,15,26H,5-12,14H2,1-2H3. The monoisotopic (exact) mass is 419 g/mol. The van der Waals surface area contributed by atoms with Crippen molar-refractivity contribution in [3.8, 4) is 0 Å². The Bertz CT molecular complexity index is 973. The molecule has 2 aromatic rings. The molecule has 0 amide bonds. The van der Waals surface area contributed by atoms with E-state index >= 15 is 0 Å². The maximum Gasteiger partial charge on any atom is 0.150 e. The molecule has 3 heterocycles. The SMILES string of the molecule is CN(C)c1ncnc2ccc(N3CCN(CC4(O)CCS(=O)(=O)CC4)CC3)cc12. The Balaban J connectivity index is 1.41. The summed E-state index contributed by atoms with van der Waals surface area (Å²) in [7, 11) is 0.994. The Labute approximate surface area is 172 Å². The zero-order chi connectivity index (χ0) is 20.6. The molecule has 2 aliphatic heterocycles. The number of piperazine rings is 1. The minimum absolute atomic E-state index is 0.0941. The number of fused-ring (bicyclic) bond motifs is 1. The summed E-state index contributed by atoms with van der Waals surface area (Å²) in [4.78, 5) is 15.4. The van der Waals surface area contributed by atoms with Gasteiger partial charge in [-0.15, -0.1) is 0 Å². The molecular weight excluding hydrogens is 390 g/mol. The van der Waals surface area contributed by atoms with Gasteiger partial charge >= 0.3 is 0 Å². The van der Waals surface area contributed by atoms with Crippen molar-refractivity contribution in [2.75, 3.05) is 68.1 Å². The molecule has 9 heteroatoms. The molecule has 1 aromatic carbocycles. The maximum atomic E-state index is 11.6. The van der Waals surface area contributed by atoms with Crippen LogP contribution >= 0.6 is 0 Å². The van der Waals surface area contributed by atoms with Crippen molar-refractivity contribution in [1.82, 2.24) is 14.9 Å². The van der Waals surface area contributed by atoms with Crippen LogP contribution in [0.3, 0.4) is 0 Å². The molecule has 0 radical (unpaired) electrons. The number of rotatable bonds is 4. The predicted octanol–water partition coefficient (Wildman–Crippen LogP) is 0.758. The smallest absolute Gasteiger partial charge is 0.150 e. The maximum absolute atomic E-state index is 11.6. The molecule has 1 N–H and O–H groups in total. The third-order valence-corrected chi connectivity index (χ3v) is 7.69. The lowest BCUT2D eigenvalue weighted by Crippen LogP contribution is -2.54. The van der Waals surface area contributed by atoms with Crippen LogP contribution in [0.15, 0.2) is 24.5 Å². The highest BCUT2D eigenvalue weighted by atomic mass is 32.2. The summed E-state index contributed by atoms with van der Waals surface area (Å²) in [5.41, 5.74) is 1.20. The van der Waals surface area contributed by atoms with Gasteiger partial charge in [-0.3, -0.25) is 4.90 Å². The van der Waals surface area contributed by atoms with E-state index in [4.69, 9.17) is 0 Å². The van der Waals surface area contributed by atoms with Crippen LogP contribution in [-0.2, 0) is 9.84 Å². The quantitative estimate of drug-likeness (QED) is 0.777. The molecule has 0 unspecified atom stereocenters. The van der Waals surface area contributed by atoms with Gasteiger partial charge in [-0.2, -0.15) is 0 Å². The van der Waals surface area contributed by atoms with Crippen molar-refractivity contribution < 1.29 is 13.5 Å². The number of anilines is 2. The molecule has 158 valence electrons. The van der Waals surface area contributed by atoms with Gasteiger partial charge in [0.05, 0.1) is 22.6 Å². The van der Waals surface area contributed by atoms with Gasteiger partial charge in [0.25, 0.3) is 0 Å². The van der Waals surface area contributed by atoms with Crippen LogP contribution in [0.2, 0.25) is 0 Å². The number of β-amino-alcohol motifs (C(OH)–C–C–N with tert-alkyl or cyclic N) is 1. The fourth-order valence-electron chi connectivity index (χ4n) is 4.24. The normalized spacial score (nSPS) is 22.0. The van der Waals surface area contributed by atoms with E-state index in [1.54, 1.807) is 6.33 Å². The molecule has 0 saturated carbocycles. The molecule has 0 atom stereocenters. The molecule has 1 aromatic heterocycles. The van der Waals surface area contributed by atoms with Crippen molar-refractivity contribution in [2.24, 2.45) is 0 Å². The van der Waals surface area contributed by atoms with E-state index in [1.807, 2.05) is 25.1 Å². The van der Waals surface area contributed by atoms with Gasteiger partial charge < -0.3 is 14.9 Å². The molecular formula is C20H29N5O3S. The highest BCUT2D eigenvalue weighted by Crippen LogP contribution is 2.28. The summed E-state index contributed by atoms with van der Waals surface area (Å²) in [5.74, 6) is 1.10. The van der Waals surface area contributed by atoms with E-state index in [1.165, 1.54) is 0 Å². The van der Waals surface area contributed by atoms with Crippen LogP contribution < -0.4 is 9.80 Å². The van der Waals surface area contributed by atoms with Crippen molar-refractivity contribution in [3.05, 3.63) is 24.5 Å². The van der Waals surface area contributed by atoms with E-state index in [0.717, 1.165) is 48.6 Å². The van der Waals surface area contributed by atoms with E-state index in [0.29, 0.717) is 19.4 Å². The molecule has 2 fully saturated rings. The molecule has 29 heavy (non-hydrogen) atoms. The molecule has 0 spiro atoms. The Morgan fingerprint density at radius 3 is 2.45 bits per heavy atom. The van der Waals surface area contributed by atoms with E-state index < -0.39 is 15.4 Å². The van der Waals surface area contributed by atoms with Crippen LogP contribution in [0.1, 0.15) is 12.8 Å². The summed E-state index contributed by atoms with van der Waals surface area (Å²) in [6.07, 6.45) is 2.28. The van der Waals surface area contributed by atoms with Crippen LogP contribution in [-0.4, -0.2) is 92.3 Å².